The van der Waals surface area contributed by atoms with E-state index in [1.54, 1.807) is 0 Å². The Labute approximate surface area is 125 Å². The number of hydrogen-bond acceptors (Lipinski definition) is 5. The molecule has 0 fully saturated rings. The molecule has 8 heteroatoms. The smallest absolute Gasteiger partial charge is 0.242 e. The summed E-state index contributed by atoms with van der Waals surface area (Å²) < 4.78 is 27.0. The van der Waals surface area contributed by atoms with E-state index in [1.807, 2.05) is 6.92 Å². The highest BCUT2D eigenvalue weighted by Crippen LogP contribution is 2.22. The fourth-order valence-corrected chi connectivity index (χ4v) is 3.18. The van der Waals surface area contributed by atoms with Gasteiger partial charge in [-0.1, -0.05) is 25.4 Å². The third-order valence-electron chi connectivity index (χ3n) is 2.80. The lowest BCUT2D eigenvalue weighted by molar-refractivity contribution is 0.485. The topological polar surface area (TPSA) is 97.1 Å². The maximum absolute atomic E-state index is 12.2. The highest BCUT2D eigenvalue weighted by molar-refractivity contribution is 7.89. The molecule has 0 amide bonds. The minimum Gasteiger partial charge on any atom is -0.307 e. The Balaban J connectivity index is 2.81. The fourth-order valence-electron chi connectivity index (χ4n) is 1.65. The van der Waals surface area contributed by atoms with Gasteiger partial charge in [-0.2, -0.15) is 0 Å². The third kappa shape index (κ3) is 4.90. The minimum atomic E-state index is -3.62. The van der Waals surface area contributed by atoms with E-state index >= 15 is 0 Å². The Morgan fingerprint density at radius 2 is 2.00 bits per heavy atom. The quantitative estimate of drug-likeness (QED) is 0.528. The van der Waals surface area contributed by atoms with Crippen LogP contribution in [0.4, 0.5) is 5.82 Å². The summed E-state index contributed by atoms with van der Waals surface area (Å²) in [6.45, 7) is 6.04. The molecule has 0 saturated carbocycles. The second kappa shape index (κ2) is 7.21. The summed E-state index contributed by atoms with van der Waals surface area (Å²) in [5.41, 5.74) is 2.29. The van der Waals surface area contributed by atoms with Gasteiger partial charge in [-0.3, -0.25) is 0 Å². The van der Waals surface area contributed by atoms with Crippen molar-refractivity contribution in [2.24, 2.45) is 11.8 Å². The number of nitrogens with one attached hydrogen (secondary N) is 2. The van der Waals surface area contributed by atoms with Gasteiger partial charge in [0, 0.05) is 12.2 Å². The van der Waals surface area contributed by atoms with Gasteiger partial charge in [0.25, 0.3) is 0 Å². The van der Waals surface area contributed by atoms with E-state index in [2.05, 4.69) is 29.0 Å². The number of nitrogen functional groups attached to an aromatic ring is 1. The molecule has 1 atom stereocenters. The van der Waals surface area contributed by atoms with Crippen LogP contribution in [0, 0.1) is 5.92 Å². The maximum atomic E-state index is 12.2. The average molecular weight is 321 g/mol. The Kier molecular flexibility index (Phi) is 6.19. The van der Waals surface area contributed by atoms with E-state index in [-0.39, 0.29) is 21.8 Å². The third-order valence-corrected chi connectivity index (χ3v) is 4.64. The molecule has 6 nitrogen and oxygen atoms in total. The average Bonchev–Trinajstić information content (AvgIpc) is 2.35. The molecule has 0 bridgehead atoms. The van der Waals surface area contributed by atoms with Crippen molar-refractivity contribution < 1.29 is 8.42 Å². The van der Waals surface area contributed by atoms with Crippen LogP contribution in [-0.2, 0) is 10.0 Å². The zero-order chi connectivity index (χ0) is 15.3. The van der Waals surface area contributed by atoms with Gasteiger partial charge >= 0.3 is 0 Å². The molecular weight excluding hydrogens is 300 g/mol. The molecule has 114 valence electrons. The molecule has 0 aliphatic heterocycles. The van der Waals surface area contributed by atoms with Crippen molar-refractivity contribution in [2.45, 2.75) is 44.6 Å². The van der Waals surface area contributed by atoms with Crippen molar-refractivity contribution in [3.05, 3.63) is 17.3 Å². The van der Waals surface area contributed by atoms with Crippen LogP contribution in [0.5, 0.6) is 0 Å². The van der Waals surface area contributed by atoms with Crippen LogP contribution in [0.3, 0.4) is 0 Å². The predicted molar refractivity (Wildman–Crippen MR) is 80.9 cm³/mol. The van der Waals surface area contributed by atoms with Crippen molar-refractivity contribution in [3.8, 4) is 0 Å². The van der Waals surface area contributed by atoms with E-state index in [0.29, 0.717) is 5.92 Å². The number of anilines is 1. The molecule has 4 N–H and O–H groups in total. The van der Waals surface area contributed by atoms with Crippen molar-refractivity contribution in [1.29, 1.82) is 0 Å². The number of nitrogens with zero attached hydrogens (tertiary/aromatic N) is 1. The lowest BCUT2D eigenvalue weighted by atomic mass is 10.1. The molecule has 0 spiro atoms. The molecule has 0 aliphatic carbocycles. The summed E-state index contributed by atoms with van der Waals surface area (Å²) >= 11 is 5.88. The summed E-state index contributed by atoms with van der Waals surface area (Å²) in [5, 5.41) is 0.158. The maximum Gasteiger partial charge on any atom is 0.242 e. The van der Waals surface area contributed by atoms with E-state index in [1.165, 1.54) is 12.3 Å². The molecule has 0 aliphatic rings. The lowest BCUT2D eigenvalue weighted by Gasteiger charge is -2.15. The second-order valence-corrected chi connectivity index (χ2v) is 7.26. The van der Waals surface area contributed by atoms with Crippen LogP contribution < -0.4 is 16.0 Å². The Bertz CT molecular complexity index is 548. The normalized spacial score (nSPS) is 13.5. The van der Waals surface area contributed by atoms with Gasteiger partial charge in [0.1, 0.15) is 4.90 Å². The molecular formula is C12H21ClN4O2S. The highest BCUT2D eigenvalue weighted by atomic mass is 35.5. The van der Waals surface area contributed by atoms with Crippen molar-refractivity contribution in [1.82, 2.24) is 9.71 Å². The SMILES string of the molecule is CC(C)CCC(C)NS(=O)(=O)c1cnc(NN)c(Cl)c1. The van der Waals surface area contributed by atoms with E-state index in [9.17, 15) is 8.42 Å². The van der Waals surface area contributed by atoms with Crippen LogP contribution in [0.25, 0.3) is 0 Å². The highest BCUT2D eigenvalue weighted by Gasteiger charge is 2.19. The zero-order valence-corrected chi connectivity index (χ0v) is 13.4. The van der Waals surface area contributed by atoms with Gasteiger partial charge in [0.2, 0.25) is 10.0 Å². The van der Waals surface area contributed by atoms with Crippen LogP contribution in [-0.4, -0.2) is 19.4 Å². The lowest BCUT2D eigenvalue weighted by Crippen LogP contribution is -2.33. The molecule has 1 unspecified atom stereocenters. The summed E-state index contributed by atoms with van der Waals surface area (Å²) in [6, 6.07) is 1.18. The second-order valence-electron chi connectivity index (χ2n) is 5.14. The first kappa shape index (κ1) is 17.2. The molecule has 1 rings (SSSR count). The van der Waals surface area contributed by atoms with Gasteiger partial charge in [-0.15, -0.1) is 0 Å². The molecule has 1 aromatic heterocycles. The van der Waals surface area contributed by atoms with E-state index in [0.717, 1.165) is 12.8 Å². The summed E-state index contributed by atoms with van der Waals surface area (Å²) in [4.78, 5) is 3.88. The van der Waals surface area contributed by atoms with Crippen molar-refractivity contribution in [2.75, 3.05) is 5.43 Å². The molecule has 20 heavy (non-hydrogen) atoms. The molecule has 1 heterocycles. The van der Waals surface area contributed by atoms with E-state index in [4.69, 9.17) is 17.4 Å². The summed E-state index contributed by atoms with van der Waals surface area (Å²) in [6.07, 6.45) is 2.96. The Hall–Kier alpha value is -0.890. The number of halogens is 1. The Morgan fingerprint density at radius 1 is 1.35 bits per heavy atom. The monoisotopic (exact) mass is 320 g/mol. The van der Waals surface area contributed by atoms with Gasteiger partial charge in [0.05, 0.1) is 5.02 Å². The largest absolute Gasteiger partial charge is 0.307 e. The predicted octanol–water partition coefficient (Wildman–Crippen LogP) is 2.12. The first-order chi connectivity index (χ1) is 9.26. The number of rotatable bonds is 7. The fraction of sp³-hybridized carbons (Fsp3) is 0.583. The molecule has 0 aromatic carbocycles. The minimum absolute atomic E-state index is 0.0258. The van der Waals surface area contributed by atoms with Crippen LogP contribution >= 0.6 is 11.6 Å². The molecule has 1 aromatic rings. The van der Waals surface area contributed by atoms with Crippen molar-refractivity contribution >= 4 is 27.4 Å². The van der Waals surface area contributed by atoms with Gasteiger partial charge < -0.3 is 5.43 Å². The number of nitrogens with two attached hydrogens (primary N) is 1. The van der Waals surface area contributed by atoms with Gasteiger partial charge in [-0.05, 0) is 31.7 Å². The first-order valence-electron chi connectivity index (χ1n) is 6.40. The van der Waals surface area contributed by atoms with E-state index < -0.39 is 10.0 Å². The Morgan fingerprint density at radius 3 is 2.50 bits per heavy atom. The number of pyridine rings is 1. The number of aromatic nitrogens is 1. The van der Waals surface area contributed by atoms with Crippen LogP contribution in [0.2, 0.25) is 5.02 Å². The summed E-state index contributed by atoms with van der Waals surface area (Å²) in [5.74, 6) is 5.97. The number of sulfonamides is 1. The van der Waals surface area contributed by atoms with Gasteiger partial charge in [0.15, 0.2) is 5.82 Å². The summed E-state index contributed by atoms with van der Waals surface area (Å²) in [7, 11) is -3.62. The number of hydrogen-bond donors (Lipinski definition) is 3. The van der Waals surface area contributed by atoms with Gasteiger partial charge in [-0.25, -0.2) is 24.0 Å². The van der Waals surface area contributed by atoms with Crippen molar-refractivity contribution in [3.63, 3.8) is 0 Å². The number of hydrazine groups is 1. The van der Waals surface area contributed by atoms with Crippen LogP contribution in [0.1, 0.15) is 33.6 Å². The molecule has 0 radical (unpaired) electrons. The standard InChI is InChI=1S/C12H21ClN4O2S/c1-8(2)4-5-9(3)17-20(18,19)10-6-11(13)12(16-14)15-7-10/h6-9,17H,4-5,14H2,1-3H3,(H,15,16). The first-order valence-corrected chi connectivity index (χ1v) is 8.27. The zero-order valence-electron chi connectivity index (χ0n) is 11.9. The molecule has 0 saturated heterocycles. The van der Waals surface area contributed by atoms with Crippen LogP contribution in [0.15, 0.2) is 17.2 Å².